The number of para-hydroxylation sites is 1. The van der Waals surface area contributed by atoms with Gasteiger partial charge in [-0.1, -0.05) is 19.1 Å². The molecule has 1 fully saturated rings. The SMILES string of the molecule is CC1CCCN(CCOc2ccccc2F)C1CN. The first-order chi connectivity index (χ1) is 9.22. The number of piperidine rings is 1. The molecule has 2 rings (SSSR count). The van der Waals surface area contributed by atoms with Crippen LogP contribution >= 0.6 is 0 Å². The van der Waals surface area contributed by atoms with Gasteiger partial charge in [0.1, 0.15) is 6.61 Å². The molecule has 0 saturated carbocycles. The van der Waals surface area contributed by atoms with Crippen molar-refractivity contribution >= 4 is 0 Å². The van der Waals surface area contributed by atoms with Crippen LogP contribution in [0.3, 0.4) is 0 Å². The minimum absolute atomic E-state index is 0.301. The average Bonchev–Trinajstić information content (AvgIpc) is 2.41. The molecule has 1 heterocycles. The summed E-state index contributed by atoms with van der Waals surface area (Å²) in [6, 6.07) is 6.96. The number of hydrogen-bond donors (Lipinski definition) is 1. The minimum Gasteiger partial charge on any atom is -0.489 e. The highest BCUT2D eigenvalue weighted by Crippen LogP contribution is 2.22. The molecule has 106 valence electrons. The lowest BCUT2D eigenvalue weighted by Crippen LogP contribution is -2.49. The Kier molecular flexibility index (Phi) is 5.16. The summed E-state index contributed by atoms with van der Waals surface area (Å²) in [5, 5.41) is 0. The van der Waals surface area contributed by atoms with E-state index in [2.05, 4.69) is 11.8 Å². The van der Waals surface area contributed by atoms with E-state index in [4.69, 9.17) is 10.5 Å². The van der Waals surface area contributed by atoms with Gasteiger partial charge in [-0.2, -0.15) is 0 Å². The first-order valence-electron chi connectivity index (χ1n) is 7.04. The fraction of sp³-hybridized carbons (Fsp3) is 0.600. The fourth-order valence-electron chi connectivity index (χ4n) is 2.83. The number of ether oxygens (including phenoxy) is 1. The molecular weight excluding hydrogens is 243 g/mol. The smallest absolute Gasteiger partial charge is 0.165 e. The van der Waals surface area contributed by atoms with Gasteiger partial charge in [0, 0.05) is 19.1 Å². The monoisotopic (exact) mass is 266 g/mol. The van der Waals surface area contributed by atoms with E-state index in [1.807, 2.05) is 0 Å². The highest BCUT2D eigenvalue weighted by Gasteiger charge is 2.26. The Morgan fingerprint density at radius 3 is 2.95 bits per heavy atom. The van der Waals surface area contributed by atoms with Crippen molar-refractivity contribution in [1.82, 2.24) is 4.90 Å². The van der Waals surface area contributed by atoms with Crippen molar-refractivity contribution in [2.45, 2.75) is 25.8 Å². The molecule has 4 heteroatoms. The fourth-order valence-corrected chi connectivity index (χ4v) is 2.83. The highest BCUT2D eigenvalue weighted by atomic mass is 19.1. The van der Waals surface area contributed by atoms with Gasteiger partial charge >= 0.3 is 0 Å². The Morgan fingerprint density at radius 1 is 1.42 bits per heavy atom. The molecule has 0 bridgehead atoms. The van der Waals surface area contributed by atoms with Crippen LogP contribution in [0.5, 0.6) is 5.75 Å². The standard InChI is InChI=1S/C15H23FN2O/c1-12-5-4-8-18(14(12)11-17)9-10-19-15-7-3-2-6-13(15)16/h2-3,6-7,12,14H,4-5,8-11,17H2,1H3. The lowest BCUT2D eigenvalue weighted by molar-refractivity contribution is 0.0887. The molecule has 1 aliphatic rings. The first kappa shape index (κ1) is 14.3. The predicted molar refractivity (Wildman–Crippen MR) is 74.7 cm³/mol. The minimum atomic E-state index is -0.301. The van der Waals surface area contributed by atoms with E-state index in [0.717, 1.165) is 13.1 Å². The number of halogens is 1. The topological polar surface area (TPSA) is 38.5 Å². The third kappa shape index (κ3) is 3.67. The zero-order valence-electron chi connectivity index (χ0n) is 11.5. The van der Waals surface area contributed by atoms with E-state index in [1.165, 1.54) is 18.9 Å². The zero-order valence-corrected chi connectivity index (χ0v) is 11.5. The van der Waals surface area contributed by atoms with Gasteiger partial charge in [0.15, 0.2) is 11.6 Å². The molecule has 0 radical (unpaired) electrons. The van der Waals surface area contributed by atoms with Crippen molar-refractivity contribution in [2.24, 2.45) is 11.7 Å². The summed E-state index contributed by atoms with van der Waals surface area (Å²) in [5.74, 6) is 0.661. The average molecular weight is 266 g/mol. The van der Waals surface area contributed by atoms with E-state index < -0.39 is 0 Å². The molecular formula is C15H23FN2O. The quantitative estimate of drug-likeness (QED) is 0.888. The van der Waals surface area contributed by atoms with Crippen molar-refractivity contribution in [3.8, 4) is 5.75 Å². The van der Waals surface area contributed by atoms with E-state index in [1.54, 1.807) is 18.2 Å². The number of likely N-dealkylation sites (tertiary alicyclic amines) is 1. The maximum atomic E-state index is 13.4. The molecule has 1 aromatic carbocycles. The third-order valence-corrected chi connectivity index (χ3v) is 3.94. The maximum absolute atomic E-state index is 13.4. The molecule has 3 nitrogen and oxygen atoms in total. The van der Waals surface area contributed by atoms with Gasteiger partial charge in [0.2, 0.25) is 0 Å². The Morgan fingerprint density at radius 2 is 2.21 bits per heavy atom. The van der Waals surface area contributed by atoms with E-state index in [-0.39, 0.29) is 5.82 Å². The normalized spacial score (nSPS) is 24.4. The Bertz CT molecular complexity index is 399. The molecule has 1 aromatic rings. The van der Waals surface area contributed by atoms with Crippen molar-refractivity contribution in [2.75, 3.05) is 26.2 Å². The van der Waals surface area contributed by atoms with Crippen LogP contribution in [0.15, 0.2) is 24.3 Å². The summed E-state index contributed by atoms with van der Waals surface area (Å²) >= 11 is 0. The second kappa shape index (κ2) is 6.87. The molecule has 2 unspecified atom stereocenters. The van der Waals surface area contributed by atoms with Gasteiger partial charge in [-0.05, 0) is 37.4 Å². The summed E-state index contributed by atoms with van der Waals surface area (Å²) in [4.78, 5) is 2.37. The van der Waals surface area contributed by atoms with E-state index in [0.29, 0.717) is 30.9 Å². The third-order valence-electron chi connectivity index (χ3n) is 3.94. The van der Waals surface area contributed by atoms with Crippen LogP contribution in [0.25, 0.3) is 0 Å². The van der Waals surface area contributed by atoms with Crippen LogP contribution in [-0.4, -0.2) is 37.2 Å². The van der Waals surface area contributed by atoms with E-state index in [9.17, 15) is 4.39 Å². The van der Waals surface area contributed by atoms with Gasteiger partial charge in [0.25, 0.3) is 0 Å². The largest absolute Gasteiger partial charge is 0.489 e. The van der Waals surface area contributed by atoms with E-state index >= 15 is 0 Å². The zero-order chi connectivity index (χ0) is 13.7. The van der Waals surface area contributed by atoms with Crippen molar-refractivity contribution in [1.29, 1.82) is 0 Å². The number of hydrogen-bond acceptors (Lipinski definition) is 3. The van der Waals surface area contributed by atoms with Gasteiger partial charge in [-0.15, -0.1) is 0 Å². The number of nitrogens with zero attached hydrogens (tertiary/aromatic N) is 1. The summed E-state index contributed by atoms with van der Waals surface area (Å²) in [7, 11) is 0. The molecule has 0 spiro atoms. The predicted octanol–water partition coefficient (Wildman–Crippen LogP) is 2.26. The van der Waals surface area contributed by atoms with Crippen LogP contribution in [-0.2, 0) is 0 Å². The number of rotatable bonds is 5. The van der Waals surface area contributed by atoms with Crippen LogP contribution in [0.2, 0.25) is 0 Å². The molecule has 2 N–H and O–H groups in total. The lowest BCUT2D eigenvalue weighted by Gasteiger charge is -2.39. The lowest BCUT2D eigenvalue weighted by atomic mass is 9.91. The molecule has 0 aromatic heterocycles. The van der Waals surface area contributed by atoms with Gasteiger partial charge in [-0.3, -0.25) is 4.90 Å². The molecule has 1 aliphatic heterocycles. The highest BCUT2D eigenvalue weighted by molar-refractivity contribution is 5.23. The Balaban J connectivity index is 1.83. The van der Waals surface area contributed by atoms with Gasteiger partial charge < -0.3 is 10.5 Å². The summed E-state index contributed by atoms with van der Waals surface area (Å²) in [6.45, 7) is 5.31. The summed E-state index contributed by atoms with van der Waals surface area (Å²) in [5.41, 5.74) is 5.85. The first-order valence-corrected chi connectivity index (χ1v) is 7.04. The number of benzene rings is 1. The Labute approximate surface area is 114 Å². The van der Waals surface area contributed by atoms with Crippen molar-refractivity contribution in [3.63, 3.8) is 0 Å². The second-order valence-corrected chi connectivity index (χ2v) is 5.24. The molecule has 0 aliphatic carbocycles. The van der Waals surface area contributed by atoms with Crippen LogP contribution in [0, 0.1) is 11.7 Å². The molecule has 2 atom stereocenters. The van der Waals surface area contributed by atoms with Crippen molar-refractivity contribution in [3.05, 3.63) is 30.1 Å². The number of nitrogens with two attached hydrogens (primary N) is 1. The van der Waals surface area contributed by atoms with Crippen LogP contribution in [0.4, 0.5) is 4.39 Å². The molecule has 1 saturated heterocycles. The summed E-state index contributed by atoms with van der Waals surface area (Å²) < 4.78 is 18.9. The van der Waals surface area contributed by atoms with Gasteiger partial charge in [0.05, 0.1) is 0 Å². The molecule has 0 amide bonds. The second-order valence-electron chi connectivity index (χ2n) is 5.24. The van der Waals surface area contributed by atoms with Crippen molar-refractivity contribution < 1.29 is 9.13 Å². The molecule has 19 heavy (non-hydrogen) atoms. The summed E-state index contributed by atoms with van der Waals surface area (Å²) in [6.07, 6.45) is 2.45. The van der Waals surface area contributed by atoms with Gasteiger partial charge in [-0.25, -0.2) is 4.39 Å². The maximum Gasteiger partial charge on any atom is 0.165 e. The van der Waals surface area contributed by atoms with Crippen LogP contribution in [0.1, 0.15) is 19.8 Å². The van der Waals surface area contributed by atoms with Crippen LogP contribution < -0.4 is 10.5 Å². The Hall–Kier alpha value is -1.13.